The molecular weight excluding hydrogens is 444 g/mol. The number of rotatable bonds is 7. The lowest BCUT2D eigenvalue weighted by Gasteiger charge is -2.07. The van der Waals surface area contributed by atoms with E-state index in [4.69, 9.17) is 20.8 Å². The molecule has 0 spiro atoms. The van der Waals surface area contributed by atoms with Crippen molar-refractivity contribution in [3.63, 3.8) is 0 Å². The van der Waals surface area contributed by atoms with E-state index < -0.39 is 16.6 Å². The van der Waals surface area contributed by atoms with Gasteiger partial charge in [0.25, 0.3) is 11.2 Å². The lowest BCUT2D eigenvalue weighted by Crippen LogP contribution is -2.17. The van der Waals surface area contributed by atoms with E-state index in [0.29, 0.717) is 21.9 Å². The molecule has 4 rings (SSSR count). The van der Waals surface area contributed by atoms with E-state index in [-0.39, 0.29) is 42.8 Å². The predicted octanol–water partition coefficient (Wildman–Crippen LogP) is 2.69. The molecule has 0 saturated heterocycles. The highest BCUT2D eigenvalue weighted by molar-refractivity contribution is 6.30. The van der Waals surface area contributed by atoms with Crippen molar-refractivity contribution in [3.8, 4) is 0 Å². The zero-order chi connectivity index (χ0) is 22.8. The monoisotopic (exact) mass is 458 g/mol. The Hall–Kier alpha value is -3.99. The maximum atomic E-state index is 12.1. The van der Waals surface area contributed by atoms with E-state index in [9.17, 15) is 24.5 Å². The van der Waals surface area contributed by atoms with Gasteiger partial charge >= 0.3 is 11.7 Å². The number of nitro benzene ring substituents is 1. The van der Waals surface area contributed by atoms with Crippen molar-refractivity contribution in [2.24, 2.45) is 0 Å². The molecule has 0 bridgehead atoms. The van der Waals surface area contributed by atoms with E-state index in [1.54, 1.807) is 12.1 Å². The summed E-state index contributed by atoms with van der Waals surface area (Å²) in [6.45, 7) is -0.0134. The fourth-order valence-corrected chi connectivity index (χ4v) is 3.35. The number of nitrogens with zero attached hydrogens (tertiary/aromatic N) is 4. The summed E-state index contributed by atoms with van der Waals surface area (Å²) in [5.74, 6) is -1.20. The van der Waals surface area contributed by atoms with Crippen LogP contribution in [0.25, 0.3) is 16.7 Å². The van der Waals surface area contributed by atoms with E-state index in [1.807, 2.05) is 0 Å². The SMILES string of the molecule is O=C(CCCn1c(=O)oc2cc([N+](=O)[O-])ccc21)OCc1cc(=O)n2cc(Cl)ccc2n1. The zero-order valence-electron chi connectivity index (χ0n) is 16.4. The smallest absolute Gasteiger partial charge is 0.419 e. The number of nitro groups is 1. The number of aryl methyl sites for hydroxylation is 1. The Morgan fingerprint density at radius 3 is 2.81 bits per heavy atom. The first kappa shape index (κ1) is 21.2. The van der Waals surface area contributed by atoms with Crippen LogP contribution in [0.5, 0.6) is 0 Å². The van der Waals surface area contributed by atoms with Gasteiger partial charge in [-0.05, 0) is 24.6 Å². The average Bonchev–Trinajstić information content (AvgIpc) is 3.07. The molecular formula is C20H15ClN4O7. The lowest BCUT2D eigenvalue weighted by atomic mass is 10.2. The molecule has 12 heteroatoms. The molecule has 0 saturated carbocycles. The Balaban J connectivity index is 1.36. The van der Waals surface area contributed by atoms with Gasteiger partial charge in [-0.3, -0.25) is 28.7 Å². The minimum atomic E-state index is -0.671. The second-order valence-corrected chi connectivity index (χ2v) is 7.29. The van der Waals surface area contributed by atoms with E-state index in [1.165, 1.54) is 39.4 Å². The summed E-state index contributed by atoms with van der Waals surface area (Å²) in [4.78, 5) is 50.8. The fourth-order valence-electron chi connectivity index (χ4n) is 3.19. The topological polar surface area (TPSA) is 139 Å². The third-order valence-electron chi connectivity index (χ3n) is 4.68. The van der Waals surface area contributed by atoms with Crippen LogP contribution in [0.1, 0.15) is 18.5 Å². The fraction of sp³-hybridized carbons (Fsp3) is 0.200. The molecule has 11 nitrogen and oxygen atoms in total. The van der Waals surface area contributed by atoms with Gasteiger partial charge in [0.2, 0.25) is 0 Å². The number of ether oxygens (including phenoxy) is 1. The van der Waals surface area contributed by atoms with Gasteiger partial charge in [0.05, 0.1) is 27.2 Å². The van der Waals surface area contributed by atoms with Crippen molar-refractivity contribution in [1.29, 1.82) is 0 Å². The van der Waals surface area contributed by atoms with Crippen molar-refractivity contribution in [3.05, 3.63) is 84.3 Å². The largest absolute Gasteiger partial charge is 0.459 e. The number of carbonyl (C=O) groups excluding carboxylic acids is 1. The number of non-ortho nitro benzene ring substituents is 1. The molecule has 3 aromatic heterocycles. The number of hydrogen-bond acceptors (Lipinski definition) is 8. The van der Waals surface area contributed by atoms with Crippen LogP contribution < -0.4 is 11.3 Å². The molecule has 0 fully saturated rings. The summed E-state index contributed by atoms with van der Waals surface area (Å²) in [6, 6.07) is 8.31. The highest BCUT2D eigenvalue weighted by Gasteiger charge is 2.14. The van der Waals surface area contributed by atoms with Gasteiger partial charge in [-0.15, -0.1) is 0 Å². The zero-order valence-corrected chi connectivity index (χ0v) is 17.2. The van der Waals surface area contributed by atoms with Gasteiger partial charge < -0.3 is 9.15 Å². The molecule has 0 radical (unpaired) electrons. The number of benzene rings is 1. The Kier molecular flexibility index (Phi) is 5.73. The number of oxazole rings is 1. The number of esters is 1. The molecule has 0 unspecified atom stereocenters. The van der Waals surface area contributed by atoms with Gasteiger partial charge in [-0.1, -0.05) is 11.6 Å². The first-order valence-electron chi connectivity index (χ1n) is 9.43. The van der Waals surface area contributed by atoms with Gasteiger partial charge in [-0.25, -0.2) is 9.78 Å². The molecule has 0 aliphatic rings. The summed E-state index contributed by atoms with van der Waals surface area (Å²) in [7, 11) is 0. The highest BCUT2D eigenvalue weighted by atomic mass is 35.5. The number of aromatic nitrogens is 3. The first-order valence-corrected chi connectivity index (χ1v) is 9.81. The van der Waals surface area contributed by atoms with Crippen LogP contribution >= 0.6 is 11.6 Å². The van der Waals surface area contributed by atoms with Gasteiger partial charge in [0, 0.05) is 31.3 Å². The molecule has 164 valence electrons. The number of pyridine rings is 1. The molecule has 0 aliphatic heterocycles. The van der Waals surface area contributed by atoms with Crippen molar-refractivity contribution in [2.75, 3.05) is 0 Å². The lowest BCUT2D eigenvalue weighted by molar-refractivity contribution is -0.384. The third kappa shape index (κ3) is 4.37. The van der Waals surface area contributed by atoms with Crippen LogP contribution in [-0.2, 0) is 22.7 Å². The number of hydrogen-bond donors (Lipinski definition) is 0. The maximum Gasteiger partial charge on any atom is 0.419 e. The Labute approximate surface area is 183 Å². The molecule has 0 N–H and O–H groups in total. The number of carbonyl (C=O) groups is 1. The van der Waals surface area contributed by atoms with Crippen LogP contribution in [0, 0.1) is 10.1 Å². The molecule has 32 heavy (non-hydrogen) atoms. The van der Waals surface area contributed by atoms with Crippen LogP contribution in [0.4, 0.5) is 5.69 Å². The van der Waals surface area contributed by atoms with Crippen LogP contribution in [0.2, 0.25) is 5.02 Å². The molecule has 0 amide bonds. The predicted molar refractivity (Wildman–Crippen MR) is 113 cm³/mol. The first-order chi connectivity index (χ1) is 15.3. The summed E-state index contributed by atoms with van der Waals surface area (Å²) < 4.78 is 12.8. The minimum Gasteiger partial charge on any atom is -0.459 e. The van der Waals surface area contributed by atoms with Crippen molar-refractivity contribution < 1.29 is 18.9 Å². The van der Waals surface area contributed by atoms with Crippen LogP contribution in [-0.4, -0.2) is 24.8 Å². The molecule has 1 aromatic carbocycles. The second-order valence-electron chi connectivity index (χ2n) is 6.85. The van der Waals surface area contributed by atoms with Crippen molar-refractivity contribution >= 4 is 40.0 Å². The summed E-state index contributed by atoms with van der Waals surface area (Å²) in [6.07, 6.45) is 1.73. The Morgan fingerprint density at radius 1 is 1.22 bits per heavy atom. The second kappa shape index (κ2) is 8.63. The van der Waals surface area contributed by atoms with Gasteiger partial charge in [-0.2, -0.15) is 0 Å². The standard InChI is InChI=1S/C20H15ClN4O7/c21-12-3-6-17-22-13(8-18(26)24(17)10-12)11-31-19(27)2-1-7-23-15-5-4-14(25(29)30)9-16(15)32-20(23)28/h3-6,8-10H,1-2,7,11H2. The van der Waals surface area contributed by atoms with E-state index in [2.05, 4.69) is 4.98 Å². The van der Waals surface area contributed by atoms with Crippen LogP contribution in [0.3, 0.4) is 0 Å². The number of halogens is 1. The molecule has 0 atom stereocenters. The van der Waals surface area contributed by atoms with Gasteiger partial charge in [0.15, 0.2) is 5.58 Å². The third-order valence-corrected chi connectivity index (χ3v) is 4.91. The Bertz CT molecular complexity index is 1470. The quantitative estimate of drug-likeness (QED) is 0.234. The molecule has 4 aromatic rings. The maximum absolute atomic E-state index is 12.1. The molecule has 0 aliphatic carbocycles. The van der Waals surface area contributed by atoms with Crippen molar-refractivity contribution in [1.82, 2.24) is 14.0 Å². The van der Waals surface area contributed by atoms with Crippen molar-refractivity contribution in [2.45, 2.75) is 26.0 Å². The molecule has 3 heterocycles. The normalized spacial score (nSPS) is 11.2. The van der Waals surface area contributed by atoms with E-state index >= 15 is 0 Å². The summed E-state index contributed by atoms with van der Waals surface area (Å²) in [5.41, 5.74) is 0.627. The van der Waals surface area contributed by atoms with E-state index in [0.717, 1.165) is 0 Å². The van der Waals surface area contributed by atoms with Crippen LogP contribution in [0.15, 0.2) is 56.6 Å². The average molecular weight is 459 g/mol. The Morgan fingerprint density at radius 2 is 2.03 bits per heavy atom. The highest BCUT2D eigenvalue weighted by Crippen LogP contribution is 2.20. The summed E-state index contributed by atoms with van der Waals surface area (Å²) in [5, 5.41) is 11.2. The minimum absolute atomic E-state index is 0.00820. The summed E-state index contributed by atoms with van der Waals surface area (Å²) >= 11 is 5.87. The number of fused-ring (bicyclic) bond motifs is 2. The van der Waals surface area contributed by atoms with Gasteiger partial charge in [0.1, 0.15) is 12.3 Å².